The van der Waals surface area contributed by atoms with Crippen LogP contribution in [0.3, 0.4) is 0 Å². The van der Waals surface area contributed by atoms with Gasteiger partial charge in [-0.3, -0.25) is 4.68 Å². The molecule has 0 unspecified atom stereocenters. The van der Waals surface area contributed by atoms with Crippen LogP contribution in [0.15, 0.2) is 6.07 Å². The number of hydrogen-bond donors (Lipinski definition) is 0. The standard InChI is InChI=1S/C13H21N3O2.C2H6/c1-9-6-11(14-15(9)5)10-7-16(8-10)12(17)18-13(2,3)4;1-2/h6,10H,7-8H2,1-5H3;1-2H3. The van der Waals surface area contributed by atoms with E-state index in [1.54, 1.807) is 4.90 Å². The van der Waals surface area contributed by atoms with Gasteiger partial charge in [0.05, 0.1) is 5.69 Å². The summed E-state index contributed by atoms with van der Waals surface area (Å²) in [5.41, 5.74) is 1.78. The second-order valence-corrected chi connectivity index (χ2v) is 5.92. The molecule has 1 aromatic heterocycles. The summed E-state index contributed by atoms with van der Waals surface area (Å²) in [7, 11) is 1.93. The number of carbonyl (C=O) groups excluding carboxylic acids is 1. The zero-order valence-corrected chi connectivity index (χ0v) is 13.7. The predicted octanol–water partition coefficient (Wildman–Crippen LogP) is 3.09. The van der Waals surface area contributed by atoms with Gasteiger partial charge in [0.15, 0.2) is 0 Å². The maximum Gasteiger partial charge on any atom is 0.410 e. The molecule has 0 radical (unpaired) electrons. The number of aromatic nitrogens is 2. The van der Waals surface area contributed by atoms with Crippen molar-refractivity contribution in [2.75, 3.05) is 13.1 Å². The number of carbonyl (C=O) groups is 1. The molecular weight excluding hydrogens is 254 g/mol. The van der Waals surface area contributed by atoms with Crippen molar-refractivity contribution in [2.24, 2.45) is 7.05 Å². The molecule has 1 aliphatic heterocycles. The zero-order valence-electron chi connectivity index (χ0n) is 13.7. The molecule has 1 saturated heterocycles. The first-order valence-electron chi connectivity index (χ1n) is 7.25. The number of nitrogens with zero attached hydrogens (tertiary/aromatic N) is 3. The minimum absolute atomic E-state index is 0.230. The molecular formula is C15H27N3O2. The lowest BCUT2D eigenvalue weighted by Gasteiger charge is -2.38. The first kappa shape index (κ1) is 16.5. The van der Waals surface area contributed by atoms with E-state index in [0.717, 1.165) is 11.4 Å². The number of likely N-dealkylation sites (tertiary alicyclic amines) is 1. The summed E-state index contributed by atoms with van der Waals surface area (Å²) in [6.45, 7) is 13.1. The smallest absolute Gasteiger partial charge is 0.410 e. The predicted molar refractivity (Wildman–Crippen MR) is 79.8 cm³/mol. The lowest BCUT2D eigenvalue weighted by Crippen LogP contribution is -2.50. The largest absolute Gasteiger partial charge is 0.444 e. The summed E-state index contributed by atoms with van der Waals surface area (Å²) in [6.07, 6.45) is -0.230. The van der Waals surface area contributed by atoms with Crippen LogP contribution in [-0.2, 0) is 11.8 Å². The summed E-state index contributed by atoms with van der Waals surface area (Å²) in [6, 6.07) is 2.08. The Morgan fingerprint density at radius 2 is 1.90 bits per heavy atom. The highest BCUT2D eigenvalue weighted by atomic mass is 16.6. The van der Waals surface area contributed by atoms with Crippen LogP contribution in [0.5, 0.6) is 0 Å². The molecule has 114 valence electrons. The maximum absolute atomic E-state index is 11.8. The molecule has 2 rings (SSSR count). The highest BCUT2D eigenvalue weighted by molar-refractivity contribution is 5.69. The Kier molecular flexibility index (Phi) is 5.20. The van der Waals surface area contributed by atoms with Gasteiger partial charge in [-0.1, -0.05) is 13.8 Å². The molecule has 0 spiro atoms. The van der Waals surface area contributed by atoms with E-state index in [2.05, 4.69) is 11.2 Å². The normalized spacial score (nSPS) is 15.2. The van der Waals surface area contributed by atoms with Crippen LogP contribution in [0.2, 0.25) is 0 Å². The highest BCUT2D eigenvalue weighted by Gasteiger charge is 2.35. The van der Waals surface area contributed by atoms with Crippen LogP contribution in [0.4, 0.5) is 4.79 Å². The lowest BCUT2D eigenvalue weighted by atomic mass is 9.97. The van der Waals surface area contributed by atoms with E-state index >= 15 is 0 Å². The van der Waals surface area contributed by atoms with Gasteiger partial charge in [0.25, 0.3) is 0 Å². The number of ether oxygens (including phenoxy) is 1. The van der Waals surface area contributed by atoms with Gasteiger partial charge in [0, 0.05) is 31.7 Å². The van der Waals surface area contributed by atoms with Crippen LogP contribution in [-0.4, -0.2) is 39.5 Å². The second-order valence-electron chi connectivity index (χ2n) is 5.92. The van der Waals surface area contributed by atoms with E-state index in [1.807, 2.05) is 53.3 Å². The third-order valence-corrected chi connectivity index (χ3v) is 3.08. The maximum atomic E-state index is 11.8. The summed E-state index contributed by atoms with van der Waals surface area (Å²) in [4.78, 5) is 13.5. The number of hydrogen-bond acceptors (Lipinski definition) is 3. The monoisotopic (exact) mass is 281 g/mol. The van der Waals surface area contributed by atoms with Gasteiger partial charge in [-0.25, -0.2) is 4.79 Å². The summed E-state index contributed by atoms with van der Waals surface area (Å²) >= 11 is 0. The Morgan fingerprint density at radius 3 is 2.30 bits per heavy atom. The van der Waals surface area contributed by atoms with Crippen molar-refractivity contribution in [2.45, 2.75) is 53.1 Å². The lowest BCUT2D eigenvalue weighted by molar-refractivity contribution is 0.00784. The van der Waals surface area contributed by atoms with E-state index in [0.29, 0.717) is 19.0 Å². The highest BCUT2D eigenvalue weighted by Crippen LogP contribution is 2.27. The Hall–Kier alpha value is -1.52. The first-order chi connectivity index (χ1) is 9.26. The molecule has 1 fully saturated rings. The van der Waals surface area contributed by atoms with Crippen molar-refractivity contribution in [3.05, 3.63) is 17.5 Å². The topological polar surface area (TPSA) is 47.4 Å². The molecule has 1 aliphatic rings. The van der Waals surface area contributed by atoms with Gasteiger partial charge >= 0.3 is 6.09 Å². The van der Waals surface area contributed by atoms with Gasteiger partial charge in [-0.05, 0) is 33.8 Å². The van der Waals surface area contributed by atoms with Gasteiger partial charge in [-0.15, -0.1) is 0 Å². The molecule has 5 heteroatoms. The van der Waals surface area contributed by atoms with E-state index in [9.17, 15) is 4.79 Å². The Morgan fingerprint density at radius 1 is 1.35 bits per heavy atom. The molecule has 0 N–H and O–H groups in total. The second kappa shape index (κ2) is 6.29. The molecule has 5 nitrogen and oxygen atoms in total. The quantitative estimate of drug-likeness (QED) is 0.794. The number of aryl methyl sites for hydroxylation is 2. The minimum atomic E-state index is -0.427. The number of amides is 1. The van der Waals surface area contributed by atoms with Crippen LogP contribution in [0.25, 0.3) is 0 Å². The fourth-order valence-electron chi connectivity index (χ4n) is 1.93. The van der Waals surface area contributed by atoms with Crippen molar-refractivity contribution < 1.29 is 9.53 Å². The Bertz CT molecular complexity index is 435. The van der Waals surface area contributed by atoms with Gasteiger partial charge in [0.2, 0.25) is 0 Å². The molecule has 0 bridgehead atoms. The summed E-state index contributed by atoms with van der Waals surface area (Å²) in [5.74, 6) is 0.345. The van der Waals surface area contributed by atoms with E-state index < -0.39 is 5.60 Å². The van der Waals surface area contributed by atoms with Gasteiger partial charge in [0.1, 0.15) is 5.60 Å². The number of rotatable bonds is 1. The molecule has 1 amide bonds. The van der Waals surface area contributed by atoms with Crippen LogP contribution < -0.4 is 0 Å². The molecule has 20 heavy (non-hydrogen) atoms. The SMILES string of the molecule is CC.Cc1cc(C2CN(C(=O)OC(C)(C)C)C2)nn1C. The fourth-order valence-corrected chi connectivity index (χ4v) is 1.93. The summed E-state index contributed by atoms with van der Waals surface area (Å²) in [5, 5.41) is 4.44. The Labute approximate surface area is 121 Å². The van der Waals surface area contributed by atoms with Crippen molar-refractivity contribution in [1.29, 1.82) is 0 Å². The van der Waals surface area contributed by atoms with Crippen molar-refractivity contribution >= 4 is 6.09 Å². The Balaban J connectivity index is 0.000000956. The van der Waals surface area contributed by atoms with Crippen molar-refractivity contribution in [1.82, 2.24) is 14.7 Å². The van der Waals surface area contributed by atoms with Crippen LogP contribution in [0.1, 0.15) is 51.9 Å². The van der Waals surface area contributed by atoms with Gasteiger partial charge < -0.3 is 9.64 Å². The van der Waals surface area contributed by atoms with Crippen molar-refractivity contribution in [3.63, 3.8) is 0 Å². The first-order valence-corrected chi connectivity index (χ1v) is 7.25. The molecule has 0 aliphatic carbocycles. The summed E-state index contributed by atoms with van der Waals surface area (Å²) < 4.78 is 7.18. The minimum Gasteiger partial charge on any atom is -0.444 e. The third-order valence-electron chi connectivity index (χ3n) is 3.08. The van der Waals surface area contributed by atoms with E-state index in [-0.39, 0.29) is 6.09 Å². The molecule has 0 saturated carbocycles. The average Bonchev–Trinajstić information content (AvgIpc) is 2.57. The van der Waals surface area contributed by atoms with Crippen molar-refractivity contribution in [3.8, 4) is 0 Å². The molecule has 2 heterocycles. The molecule has 1 aromatic rings. The van der Waals surface area contributed by atoms with Gasteiger partial charge in [-0.2, -0.15) is 5.10 Å². The van der Waals surface area contributed by atoms with E-state index in [4.69, 9.17) is 4.74 Å². The third kappa shape index (κ3) is 3.99. The van der Waals surface area contributed by atoms with E-state index in [1.165, 1.54) is 0 Å². The van der Waals surface area contributed by atoms with Crippen LogP contribution >= 0.6 is 0 Å². The molecule has 0 atom stereocenters. The van der Waals surface area contributed by atoms with Crippen LogP contribution in [0, 0.1) is 6.92 Å². The average molecular weight is 281 g/mol. The zero-order chi connectivity index (χ0) is 15.5. The fraction of sp³-hybridized carbons (Fsp3) is 0.733. The molecule has 0 aromatic carbocycles.